The zero-order valence-corrected chi connectivity index (χ0v) is 8.06. The first-order chi connectivity index (χ1) is 5.20. The topological polar surface area (TPSA) is 12.0 Å². The van der Waals surface area contributed by atoms with Crippen molar-refractivity contribution in [3.05, 3.63) is 12.7 Å². The minimum absolute atomic E-state index is 0.609. The quantitative estimate of drug-likeness (QED) is 0.581. The molecular formula is C10H21N. The molecule has 0 saturated heterocycles. The van der Waals surface area contributed by atoms with Crippen molar-refractivity contribution in [2.45, 2.75) is 39.7 Å². The van der Waals surface area contributed by atoms with Crippen LogP contribution in [0.15, 0.2) is 12.7 Å². The van der Waals surface area contributed by atoms with Gasteiger partial charge in [0.1, 0.15) is 0 Å². The summed E-state index contributed by atoms with van der Waals surface area (Å²) < 4.78 is 0. The molecule has 0 heterocycles. The van der Waals surface area contributed by atoms with E-state index in [0.717, 1.165) is 6.54 Å². The van der Waals surface area contributed by atoms with Gasteiger partial charge in [-0.25, -0.2) is 0 Å². The molecule has 11 heavy (non-hydrogen) atoms. The molecule has 0 aliphatic carbocycles. The Labute approximate surface area is 70.9 Å². The second-order valence-electron chi connectivity index (χ2n) is 3.30. The molecule has 66 valence electrons. The van der Waals surface area contributed by atoms with Crippen molar-refractivity contribution in [2.24, 2.45) is 5.92 Å². The molecular weight excluding hydrogens is 134 g/mol. The second kappa shape index (κ2) is 6.41. The summed E-state index contributed by atoms with van der Waals surface area (Å²) in [5.74, 6) is 0.696. The Balaban J connectivity index is 3.28. The molecule has 0 amide bonds. The van der Waals surface area contributed by atoms with E-state index in [-0.39, 0.29) is 0 Å². The Hall–Kier alpha value is -0.300. The number of hydrogen-bond acceptors (Lipinski definition) is 1. The number of hydrogen-bond donors (Lipinski definition) is 1. The van der Waals surface area contributed by atoms with Crippen LogP contribution in [-0.4, -0.2) is 12.6 Å². The third-order valence-electron chi connectivity index (χ3n) is 1.93. The lowest BCUT2D eigenvalue weighted by molar-refractivity contribution is 0.501. The summed E-state index contributed by atoms with van der Waals surface area (Å²) in [6, 6.07) is 0.609. The van der Waals surface area contributed by atoms with Gasteiger partial charge in [0.05, 0.1) is 0 Å². The van der Waals surface area contributed by atoms with Gasteiger partial charge in [0.25, 0.3) is 0 Å². The zero-order chi connectivity index (χ0) is 8.69. The summed E-state index contributed by atoms with van der Waals surface area (Å²) in [5, 5.41) is 3.40. The Bertz CT molecular complexity index is 97.0. The van der Waals surface area contributed by atoms with Gasteiger partial charge in [0.15, 0.2) is 0 Å². The second-order valence-corrected chi connectivity index (χ2v) is 3.30. The fourth-order valence-corrected chi connectivity index (χ4v) is 1.05. The summed E-state index contributed by atoms with van der Waals surface area (Å²) in [4.78, 5) is 0. The lowest BCUT2D eigenvalue weighted by Gasteiger charge is -2.11. The van der Waals surface area contributed by atoms with Crippen LogP contribution in [0.25, 0.3) is 0 Å². The maximum atomic E-state index is 3.80. The summed E-state index contributed by atoms with van der Waals surface area (Å²) in [5.41, 5.74) is 0. The van der Waals surface area contributed by atoms with Crippen molar-refractivity contribution >= 4 is 0 Å². The SMILES string of the molecule is C=CC(CC)CCNC(C)C. The molecule has 0 fully saturated rings. The molecule has 1 heteroatoms. The highest BCUT2D eigenvalue weighted by Gasteiger charge is 2.00. The van der Waals surface area contributed by atoms with E-state index in [9.17, 15) is 0 Å². The van der Waals surface area contributed by atoms with Crippen LogP contribution in [0, 0.1) is 5.92 Å². The predicted molar refractivity (Wildman–Crippen MR) is 51.7 cm³/mol. The van der Waals surface area contributed by atoms with Crippen molar-refractivity contribution in [3.8, 4) is 0 Å². The lowest BCUT2D eigenvalue weighted by Crippen LogP contribution is -2.24. The first kappa shape index (κ1) is 10.7. The van der Waals surface area contributed by atoms with E-state index >= 15 is 0 Å². The highest BCUT2D eigenvalue weighted by Crippen LogP contribution is 2.07. The van der Waals surface area contributed by atoms with Crippen LogP contribution in [0.2, 0.25) is 0 Å². The molecule has 0 spiro atoms. The van der Waals surface area contributed by atoms with E-state index in [4.69, 9.17) is 0 Å². The lowest BCUT2D eigenvalue weighted by atomic mass is 10.0. The maximum absolute atomic E-state index is 3.80. The molecule has 1 unspecified atom stereocenters. The van der Waals surface area contributed by atoms with Gasteiger partial charge in [-0.3, -0.25) is 0 Å². The van der Waals surface area contributed by atoms with Crippen LogP contribution in [0.3, 0.4) is 0 Å². The van der Waals surface area contributed by atoms with Crippen LogP contribution in [0.5, 0.6) is 0 Å². The van der Waals surface area contributed by atoms with Crippen molar-refractivity contribution in [2.75, 3.05) is 6.54 Å². The van der Waals surface area contributed by atoms with Gasteiger partial charge in [-0.05, 0) is 25.3 Å². The van der Waals surface area contributed by atoms with E-state index in [1.54, 1.807) is 0 Å². The van der Waals surface area contributed by atoms with Gasteiger partial charge in [-0.2, -0.15) is 0 Å². The van der Waals surface area contributed by atoms with Crippen molar-refractivity contribution in [1.29, 1.82) is 0 Å². The molecule has 0 aromatic rings. The predicted octanol–water partition coefficient (Wildman–Crippen LogP) is 2.59. The standard InChI is InChI=1S/C10H21N/c1-5-10(6-2)7-8-11-9(3)4/h5,9-11H,1,6-8H2,2-4H3. The van der Waals surface area contributed by atoms with E-state index in [1.807, 2.05) is 0 Å². The van der Waals surface area contributed by atoms with Crippen LogP contribution in [0.1, 0.15) is 33.6 Å². The average Bonchev–Trinajstić information content (AvgIpc) is 1.98. The molecule has 0 rings (SSSR count). The number of rotatable bonds is 6. The fourth-order valence-electron chi connectivity index (χ4n) is 1.05. The molecule has 1 atom stereocenters. The van der Waals surface area contributed by atoms with Crippen LogP contribution in [0.4, 0.5) is 0 Å². The molecule has 0 aliphatic heterocycles. The summed E-state index contributed by atoms with van der Waals surface area (Å²) >= 11 is 0. The molecule has 0 aliphatic rings. The fraction of sp³-hybridized carbons (Fsp3) is 0.800. The van der Waals surface area contributed by atoms with Gasteiger partial charge in [-0.15, -0.1) is 6.58 Å². The molecule has 0 aromatic heterocycles. The average molecular weight is 155 g/mol. The van der Waals surface area contributed by atoms with Crippen molar-refractivity contribution < 1.29 is 0 Å². The number of nitrogens with one attached hydrogen (secondary N) is 1. The summed E-state index contributed by atoms with van der Waals surface area (Å²) in [7, 11) is 0. The Morgan fingerprint density at radius 1 is 1.45 bits per heavy atom. The van der Waals surface area contributed by atoms with Crippen LogP contribution >= 0.6 is 0 Å². The van der Waals surface area contributed by atoms with E-state index < -0.39 is 0 Å². The smallest absolute Gasteiger partial charge is 0.00103 e. The van der Waals surface area contributed by atoms with E-state index in [2.05, 4.69) is 38.7 Å². The first-order valence-electron chi connectivity index (χ1n) is 4.56. The zero-order valence-electron chi connectivity index (χ0n) is 8.06. The monoisotopic (exact) mass is 155 g/mol. The Morgan fingerprint density at radius 3 is 2.45 bits per heavy atom. The van der Waals surface area contributed by atoms with Crippen LogP contribution in [-0.2, 0) is 0 Å². The molecule has 0 aromatic carbocycles. The maximum Gasteiger partial charge on any atom is 0.00103 e. The van der Waals surface area contributed by atoms with Gasteiger partial charge in [-0.1, -0.05) is 26.8 Å². The van der Waals surface area contributed by atoms with E-state index in [0.29, 0.717) is 12.0 Å². The minimum atomic E-state index is 0.609. The number of allylic oxidation sites excluding steroid dienone is 1. The summed E-state index contributed by atoms with van der Waals surface area (Å²) in [6.07, 6.45) is 4.49. The first-order valence-corrected chi connectivity index (χ1v) is 4.56. The van der Waals surface area contributed by atoms with Gasteiger partial charge >= 0.3 is 0 Å². The molecule has 0 saturated carbocycles. The molecule has 0 radical (unpaired) electrons. The van der Waals surface area contributed by atoms with Gasteiger partial charge in [0, 0.05) is 6.04 Å². The van der Waals surface area contributed by atoms with Crippen molar-refractivity contribution in [3.63, 3.8) is 0 Å². The largest absolute Gasteiger partial charge is 0.315 e. The molecule has 1 N–H and O–H groups in total. The Kier molecular flexibility index (Phi) is 6.24. The minimum Gasteiger partial charge on any atom is -0.315 e. The van der Waals surface area contributed by atoms with Crippen molar-refractivity contribution in [1.82, 2.24) is 5.32 Å². The molecule has 0 bridgehead atoms. The van der Waals surface area contributed by atoms with E-state index in [1.165, 1.54) is 12.8 Å². The third kappa shape index (κ3) is 6.11. The summed E-state index contributed by atoms with van der Waals surface area (Å²) in [6.45, 7) is 11.5. The molecule has 1 nitrogen and oxygen atoms in total. The normalized spacial score (nSPS) is 13.5. The van der Waals surface area contributed by atoms with Gasteiger partial charge in [0.2, 0.25) is 0 Å². The van der Waals surface area contributed by atoms with Crippen LogP contribution < -0.4 is 5.32 Å². The highest BCUT2D eigenvalue weighted by atomic mass is 14.9. The highest BCUT2D eigenvalue weighted by molar-refractivity contribution is 4.78. The third-order valence-corrected chi connectivity index (χ3v) is 1.93. The Morgan fingerprint density at radius 2 is 2.09 bits per heavy atom. The van der Waals surface area contributed by atoms with Gasteiger partial charge < -0.3 is 5.32 Å².